The summed E-state index contributed by atoms with van der Waals surface area (Å²) in [6, 6.07) is 7.19. The van der Waals surface area contributed by atoms with Crippen molar-refractivity contribution in [1.29, 1.82) is 0 Å². The third-order valence-electron chi connectivity index (χ3n) is 5.20. The second kappa shape index (κ2) is 8.50. The number of fused-ring (bicyclic) bond motifs is 1. The highest BCUT2D eigenvalue weighted by Crippen LogP contribution is 2.33. The average molecular weight is 424 g/mol. The molecule has 3 heterocycles. The molecule has 3 aromatic rings. The van der Waals surface area contributed by atoms with Crippen LogP contribution in [-0.4, -0.2) is 65.9 Å². The number of rotatable bonds is 7. The molecule has 10 nitrogen and oxygen atoms in total. The first-order valence-electron chi connectivity index (χ1n) is 9.87. The van der Waals surface area contributed by atoms with Crippen LogP contribution in [-0.2, 0) is 7.05 Å². The van der Waals surface area contributed by atoms with Crippen LogP contribution >= 0.6 is 0 Å². The number of methoxy groups -OCH3 is 2. The van der Waals surface area contributed by atoms with Gasteiger partial charge in [-0.2, -0.15) is 0 Å². The Balaban J connectivity index is 1.73. The monoisotopic (exact) mass is 424 g/mol. The lowest BCUT2D eigenvalue weighted by Crippen LogP contribution is -2.32. The zero-order chi connectivity index (χ0) is 22.0. The van der Waals surface area contributed by atoms with E-state index in [-0.39, 0.29) is 11.6 Å². The van der Waals surface area contributed by atoms with Crippen molar-refractivity contribution in [2.24, 2.45) is 7.05 Å². The number of pyridine rings is 1. The average Bonchev–Trinajstić information content (AvgIpc) is 3.20. The summed E-state index contributed by atoms with van der Waals surface area (Å²) in [5.41, 5.74) is 1.77. The fourth-order valence-electron chi connectivity index (χ4n) is 3.53. The predicted molar refractivity (Wildman–Crippen MR) is 117 cm³/mol. The second-order valence-electron chi connectivity index (χ2n) is 7.13. The molecule has 0 bridgehead atoms. The number of benzene rings is 1. The van der Waals surface area contributed by atoms with Gasteiger partial charge in [-0.15, -0.1) is 0 Å². The van der Waals surface area contributed by atoms with Gasteiger partial charge in [-0.3, -0.25) is 4.79 Å². The first kappa shape index (κ1) is 20.5. The van der Waals surface area contributed by atoms with E-state index in [9.17, 15) is 9.59 Å². The summed E-state index contributed by atoms with van der Waals surface area (Å²) in [4.78, 5) is 35.4. The summed E-state index contributed by atoms with van der Waals surface area (Å²) in [6.45, 7) is 2.24. The van der Waals surface area contributed by atoms with Gasteiger partial charge in [0, 0.05) is 38.8 Å². The molecular weight excluding hydrogens is 400 g/mol. The van der Waals surface area contributed by atoms with E-state index in [1.165, 1.54) is 10.9 Å². The third kappa shape index (κ3) is 3.96. The summed E-state index contributed by atoms with van der Waals surface area (Å²) in [5.74, 6) is 1.62. The van der Waals surface area contributed by atoms with Crippen molar-refractivity contribution in [3.63, 3.8) is 0 Å². The van der Waals surface area contributed by atoms with Crippen LogP contribution in [0, 0.1) is 0 Å². The Morgan fingerprint density at radius 3 is 2.68 bits per heavy atom. The fraction of sp³-hybridized carbons (Fsp3) is 0.333. The topological polar surface area (TPSA) is 111 Å². The Kier molecular flexibility index (Phi) is 5.61. The number of aromatic nitrogens is 3. The number of nitrogens with one attached hydrogen (secondary N) is 2. The summed E-state index contributed by atoms with van der Waals surface area (Å²) in [7, 11) is 4.80. The number of urea groups is 1. The molecule has 31 heavy (non-hydrogen) atoms. The normalized spacial score (nSPS) is 13.4. The minimum atomic E-state index is -0.197. The van der Waals surface area contributed by atoms with Crippen molar-refractivity contribution in [1.82, 2.24) is 24.8 Å². The largest absolute Gasteiger partial charge is 0.493 e. The van der Waals surface area contributed by atoms with Gasteiger partial charge >= 0.3 is 6.03 Å². The van der Waals surface area contributed by atoms with Gasteiger partial charge in [-0.25, -0.2) is 14.8 Å². The van der Waals surface area contributed by atoms with Crippen LogP contribution in [0.5, 0.6) is 11.5 Å². The van der Waals surface area contributed by atoms with E-state index in [4.69, 9.17) is 14.5 Å². The summed E-state index contributed by atoms with van der Waals surface area (Å²) in [5, 5.41) is 6.40. The van der Waals surface area contributed by atoms with Crippen LogP contribution in [0.2, 0.25) is 0 Å². The summed E-state index contributed by atoms with van der Waals surface area (Å²) >= 11 is 0. The standard InChI is InChI=1S/C21H24N6O4/c1-26-12-24-15-11-14(13-4-5-16(30-2)17(10-13)31-3)25-19(18(15)20(26)28)22-6-8-27-9-7-23-21(27)29/h4-5,10-12H,6-9H2,1-3H3,(H,22,25)(H,23,29). The van der Waals surface area contributed by atoms with Crippen molar-refractivity contribution in [2.75, 3.05) is 45.7 Å². The molecule has 0 spiro atoms. The highest BCUT2D eigenvalue weighted by Gasteiger charge is 2.19. The lowest BCUT2D eigenvalue weighted by Gasteiger charge is -2.16. The molecule has 0 atom stereocenters. The Bertz CT molecular complexity index is 1190. The number of hydrogen-bond donors (Lipinski definition) is 2. The van der Waals surface area contributed by atoms with Gasteiger partial charge in [-0.05, 0) is 24.3 Å². The molecule has 0 unspecified atom stereocenters. The molecule has 0 radical (unpaired) electrons. The van der Waals surface area contributed by atoms with Crippen molar-refractivity contribution in [2.45, 2.75) is 0 Å². The number of carbonyl (C=O) groups is 1. The van der Waals surface area contributed by atoms with Crippen LogP contribution in [0.3, 0.4) is 0 Å². The van der Waals surface area contributed by atoms with E-state index >= 15 is 0 Å². The lowest BCUT2D eigenvalue weighted by atomic mass is 10.1. The van der Waals surface area contributed by atoms with Gasteiger partial charge in [0.15, 0.2) is 11.5 Å². The maximum atomic E-state index is 12.8. The smallest absolute Gasteiger partial charge is 0.317 e. The van der Waals surface area contributed by atoms with Crippen LogP contribution in [0.1, 0.15) is 0 Å². The van der Waals surface area contributed by atoms with Crippen LogP contribution in [0.4, 0.5) is 10.6 Å². The molecule has 2 aromatic heterocycles. The molecular formula is C21H24N6O4. The number of ether oxygens (including phenoxy) is 2. The number of anilines is 1. The van der Waals surface area contributed by atoms with Gasteiger partial charge in [0.2, 0.25) is 0 Å². The van der Waals surface area contributed by atoms with Gasteiger partial charge < -0.3 is 29.6 Å². The van der Waals surface area contributed by atoms with Gasteiger partial charge in [-0.1, -0.05) is 0 Å². The van der Waals surface area contributed by atoms with E-state index < -0.39 is 0 Å². The first-order chi connectivity index (χ1) is 15.0. The molecule has 0 aliphatic carbocycles. The minimum absolute atomic E-state index is 0.0868. The van der Waals surface area contributed by atoms with E-state index in [2.05, 4.69) is 15.6 Å². The molecule has 2 N–H and O–H groups in total. The Hall–Kier alpha value is -3.82. The molecule has 1 aliphatic heterocycles. The van der Waals surface area contributed by atoms with Crippen molar-refractivity contribution in [3.05, 3.63) is 40.9 Å². The number of aryl methyl sites for hydroxylation is 1. The highest BCUT2D eigenvalue weighted by atomic mass is 16.5. The van der Waals surface area contributed by atoms with Crippen molar-refractivity contribution in [3.8, 4) is 22.8 Å². The van der Waals surface area contributed by atoms with E-state index in [0.717, 1.165) is 5.56 Å². The molecule has 10 heteroatoms. The fourth-order valence-corrected chi connectivity index (χ4v) is 3.53. The molecule has 0 saturated carbocycles. The van der Waals surface area contributed by atoms with Gasteiger partial charge in [0.05, 0.1) is 31.8 Å². The number of carbonyl (C=O) groups excluding carboxylic acids is 1. The Labute approximate surface area is 178 Å². The van der Waals surface area contributed by atoms with E-state index in [1.807, 2.05) is 12.1 Å². The van der Waals surface area contributed by atoms with Crippen LogP contribution in [0.25, 0.3) is 22.2 Å². The molecule has 1 aliphatic rings. The van der Waals surface area contributed by atoms with Crippen LogP contribution < -0.4 is 25.7 Å². The van der Waals surface area contributed by atoms with Crippen molar-refractivity contribution < 1.29 is 14.3 Å². The highest BCUT2D eigenvalue weighted by molar-refractivity contribution is 5.91. The summed E-state index contributed by atoms with van der Waals surface area (Å²) in [6.07, 6.45) is 1.49. The van der Waals surface area contributed by atoms with E-state index in [1.54, 1.807) is 38.3 Å². The molecule has 1 fully saturated rings. The maximum Gasteiger partial charge on any atom is 0.317 e. The van der Waals surface area contributed by atoms with Gasteiger partial charge in [0.25, 0.3) is 5.56 Å². The lowest BCUT2D eigenvalue weighted by molar-refractivity contribution is 0.219. The maximum absolute atomic E-state index is 12.8. The molecule has 4 rings (SSSR count). The zero-order valence-electron chi connectivity index (χ0n) is 17.6. The predicted octanol–water partition coefficient (Wildman–Crippen LogP) is 1.45. The summed E-state index contributed by atoms with van der Waals surface area (Å²) < 4.78 is 12.1. The third-order valence-corrected chi connectivity index (χ3v) is 5.20. The minimum Gasteiger partial charge on any atom is -0.493 e. The number of nitrogens with zero attached hydrogens (tertiary/aromatic N) is 4. The molecule has 162 valence electrons. The second-order valence-corrected chi connectivity index (χ2v) is 7.13. The molecule has 1 saturated heterocycles. The quantitative estimate of drug-likeness (QED) is 0.591. The molecule has 2 amide bonds. The first-order valence-corrected chi connectivity index (χ1v) is 9.87. The Morgan fingerprint density at radius 2 is 1.97 bits per heavy atom. The van der Waals surface area contributed by atoms with Crippen LogP contribution in [0.15, 0.2) is 35.4 Å². The Morgan fingerprint density at radius 1 is 1.16 bits per heavy atom. The van der Waals surface area contributed by atoms with E-state index in [0.29, 0.717) is 60.1 Å². The zero-order valence-corrected chi connectivity index (χ0v) is 17.6. The molecule has 1 aromatic carbocycles. The van der Waals surface area contributed by atoms with Crippen molar-refractivity contribution >= 4 is 22.8 Å². The SMILES string of the molecule is COc1ccc(-c2cc3ncn(C)c(=O)c3c(NCCN3CCNC3=O)n2)cc1OC. The number of amides is 2. The number of hydrogen-bond acceptors (Lipinski definition) is 7. The van der Waals surface area contributed by atoms with Gasteiger partial charge in [0.1, 0.15) is 11.2 Å².